The number of esters is 1. The number of carbonyl (C=O) groups excluding carboxylic acids is 1. The van der Waals surface area contributed by atoms with Gasteiger partial charge in [-0.2, -0.15) is 4.31 Å². The molecule has 1 fully saturated rings. The zero-order valence-corrected chi connectivity index (χ0v) is 16.9. The molecule has 0 N–H and O–H groups in total. The van der Waals surface area contributed by atoms with Crippen molar-refractivity contribution < 1.29 is 27.1 Å². The lowest BCUT2D eigenvalue weighted by molar-refractivity contribution is 0.0474. The minimum Gasteiger partial charge on any atom is -0.457 e. The normalized spacial score (nSPS) is 15.2. The Morgan fingerprint density at radius 2 is 1.77 bits per heavy atom. The highest BCUT2D eigenvalue weighted by molar-refractivity contribution is 7.89. The average Bonchev–Trinajstić information content (AvgIpc) is 2.78. The summed E-state index contributed by atoms with van der Waals surface area (Å²) >= 11 is 0. The molecule has 8 heteroatoms. The van der Waals surface area contributed by atoms with Gasteiger partial charge in [-0.25, -0.2) is 17.6 Å². The standard InChI is InChI=1S/C22H20FNO5S/c23-20-9-8-17(14-21(20)30(26,27)24-10-12-28-13-11-24)22(25)29-15-18-6-3-5-16-4-1-2-7-19(16)18/h1-9,14H,10-13,15H2. The van der Waals surface area contributed by atoms with Gasteiger partial charge in [0.15, 0.2) is 0 Å². The van der Waals surface area contributed by atoms with E-state index in [1.807, 2.05) is 42.5 Å². The molecule has 6 nitrogen and oxygen atoms in total. The van der Waals surface area contributed by atoms with E-state index in [9.17, 15) is 17.6 Å². The topological polar surface area (TPSA) is 72.9 Å². The first-order valence-electron chi connectivity index (χ1n) is 9.48. The van der Waals surface area contributed by atoms with Gasteiger partial charge in [0.1, 0.15) is 17.3 Å². The first-order chi connectivity index (χ1) is 14.5. The molecule has 156 valence electrons. The second-order valence-electron chi connectivity index (χ2n) is 6.88. The minimum atomic E-state index is -4.07. The van der Waals surface area contributed by atoms with E-state index in [0.717, 1.165) is 32.8 Å². The molecular formula is C22H20FNO5S. The molecule has 0 amide bonds. The van der Waals surface area contributed by atoms with Crippen LogP contribution in [0.3, 0.4) is 0 Å². The lowest BCUT2D eigenvalue weighted by atomic mass is 10.1. The van der Waals surface area contributed by atoms with E-state index in [1.54, 1.807) is 0 Å². The Kier molecular flexibility index (Phi) is 5.80. The van der Waals surface area contributed by atoms with Crippen LogP contribution in [0.15, 0.2) is 65.6 Å². The van der Waals surface area contributed by atoms with Crippen molar-refractivity contribution in [3.63, 3.8) is 0 Å². The molecule has 0 aromatic heterocycles. The van der Waals surface area contributed by atoms with E-state index in [2.05, 4.69) is 0 Å². The van der Waals surface area contributed by atoms with Crippen molar-refractivity contribution in [2.24, 2.45) is 0 Å². The molecule has 4 rings (SSSR count). The van der Waals surface area contributed by atoms with E-state index in [0.29, 0.717) is 0 Å². The van der Waals surface area contributed by atoms with Crippen molar-refractivity contribution in [2.45, 2.75) is 11.5 Å². The minimum absolute atomic E-state index is 0.0170. The van der Waals surface area contributed by atoms with E-state index < -0.39 is 26.7 Å². The SMILES string of the molecule is O=C(OCc1cccc2ccccc12)c1ccc(F)c(S(=O)(=O)N2CCOCC2)c1. The van der Waals surface area contributed by atoms with Crippen molar-refractivity contribution in [3.8, 4) is 0 Å². The highest BCUT2D eigenvalue weighted by Gasteiger charge is 2.30. The van der Waals surface area contributed by atoms with Crippen LogP contribution in [-0.2, 0) is 26.1 Å². The summed E-state index contributed by atoms with van der Waals surface area (Å²) in [6, 6.07) is 16.6. The first-order valence-corrected chi connectivity index (χ1v) is 10.9. The fraction of sp³-hybridized carbons (Fsp3) is 0.227. The van der Waals surface area contributed by atoms with Crippen LogP contribution in [0, 0.1) is 5.82 Å². The maximum Gasteiger partial charge on any atom is 0.338 e. The van der Waals surface area contributed by atoms with Crippen molar-refractivity contribution in [1.29, 1.82) is 0 Å². The fourth-order valence-electron chi connectivity index (χ4n) is 3.40. The highest BCUT2D eigenvalue weighted by Crippen LogP contribution is 2.23. The highest BCUT2D eigenvalue weighted by atomic mass is 32.2. The maximum absolute atomic E-state index is 14.3. The number of nitrogens with zero attached hydrogens (tertiary/aromatic N) is 1. The third-order valence-electron chi connectivity index (χ3n) is 4.99. The first kappa shape index (κ1) is 20.5. The smallest absolute Gasteiger partial charge is 0.338 e. The van der Waals surface area contributed by atoms with Crippen LogP contribution in [0.1, 0.15) is 15.9 Å². The molecule has 1 heterocycles. The van der Waals surface area contributed by atoms with Crippen LogP contribution >= 0.6 is 0 Å². The third-order valence-corrected chi connectivity index (χ3v) is 6.91. The quantitative estimate of drug-likeness (QED) is 0.582. The number of rotatable bonds is 5. The summed E-state index contributed by atoms with van der Waals surface area (Å²) in [5.74, 6) is -1.63. The van der Waals surface area contributed by atoms with Crippen molar-refractivity contribution >= 4 is 26.8 Å². The number of carbonyl (C=O) groups is 1. The molecule has 0 unspecified atom stereocenters. The van der Waals surface area contributed by atoms with Crippen molar-refractivity contribution in [1.82, 2.24) is 4.31 Å². The van der Waals surface area contributed by atoms with E-state index >= 15 is 0 Å². The Labute approximate surface area is 173 Å². The Hall–Kier alpha value is -2.81. The Morgan fingerprint density at radius 1 is 1.03 bits per heavy atom. The number of hydrogen-bond donors (Lipinski definition) is 0. The van der Waals surface area contributed by atoms with Crippen LogP contribution in [-0.4, -0.2) is 45.0 Å². The average molecular weight is 429 g/mol. The number of benzene rings is 3. The van der Waals surface area contributed by atoms with E-state index in [-0.39, 0.29) is 38.5 Å². The molecule has 0 bridgehead atoms. The molecule has 0 aliphatic carbocycles. The van der Waals surface area contributed by atoms with Crippen LogP contribution in [0.4, 0.5) is 4.39 Å². The van der Waals surface area contributed by atoms with E-state index in [4.69, 9.17) is 9.47 Å². The van der Waals surface area contributed by atoms with Gasteiger partial charge < -0.3 is 9.47 Å². The summed E-state index contributed by atoms with van der Waals surface area (Å²) in [6.07, 6.45) is 0. The molecule has 1 aliphatic heterocycles. The molecule has 3 aromatic carbocycles. The molecule has 0 atom stereocenters. The van der Waals surface area contributed by atoms with Gasteiger partial charge in [-0.05, 0) is 34.5 Å². The van der Waals surface area contributed by atoms with Crippen LogP contribution in [0.5, 0.6) is 0 Å². The number of halogens is 1. The number of hydrogen-bond acceptors (Lipinski definition) is 5. The second kappa shape index (κ2) is 8.51. The van der Waals surface area contributed by atoms with Crippen LogP contribution < -0.4 is 0 Å². The summed E-state index contributed by atoms with van der Waals surface area (Å²) in [5.41, 5.74) is 0.799. The van der Waals surface area contributed by atoms with Gasteiger partial charge in [-0.15, -0.1) is 0 Å². The van der Waals surface area contributed by atoms with Gasteiger partial charge in [0.2, 0.25) is 10.0 Å². The number of fused-ring (bicyclic) bond motifs is 1. The van der Waals surface area contributed by atoms with Gasteiger partial charge in [0, 0.05) is 13.1 Å². The second-order valence-corrected chi connectivity index (χ2v) is 8.78. The molecule has 0 saturated carbocycles. The summed E-state index contributed by atoms with van der Waals surface area (Å²) in [4.78, 5) is 12.0. The van der Waals surface area contributed by atoms with Crippen LogP contribution in [0.2, 0.25) is 0 Å². The zero-order valence-electron chi connectivity index (χ0n) is 16.1. The predicted octanol–water partition coefficient (Wildman–Crippen LogP) is 3.36. The van der Waals surface area contributed by atoms with Crippen molar-refractivity contribution in [2.75, 3.05) is 26.3 Å². The summed E-state index contributed by atoms with van der Waals surface area (Å²) in [6.45, 7) is 0.777. The Bertz CT molecular complexity index is 1180. The molecule has 3 aromatic rings. The molecule has 0 radical (unpaired) electrons. The monoisotopic (exact) mass is 429 g/mol. The lowest BCUT2D eigenvalue weighted by Gasteiger charge is -2.26. The van der Waals surface area contributed by atoms with Gasteiger partial charge in [-0.1, -0.05) is 42.5 Å². The maximum atomic E-state index is 14.3. The lowest BCUT2D eigenvalue weighted by Crippen LogP contribution is -2.41. The Balaban J connectivity index is 1.55. The summed E-state index contributed by atoms with van der Waals surface area (Å²) in [5, 5.41) is 1.98. The third kappa shape index (κ3) is 4.07. The zero-order chi connectivity index (χ0) is 21.1. The number of morpholine rings is 1. The molecule has 1 aliphatic rings. The molecule has 1 saturated heterocycles. The van der Waals surface area contributed by atoms with Gasteiger partial charge in [0.25, 0.3) is 0 Å². The fourth-order valence-corrected chi connectivity index (χ4v) is 4.90. The van der Waals surface area contributed by atoms with Gasteiger partial charge >= 0.3 is 5.97 Å². The molecular weight excluding hydrogens is 409 g/mol. The predicted molar refractivity (Wildman–Crippen MR) is 109 cm³/mol. The molecule has 0 spiro atoms. The summed E-state index contributed by atoms with van der Waals surface area (Å²) < 4.78 is 51.6. The largest absolute Gasteiger partial charge is 0.457 e. The van der Waals surface area contributed by atoms with Gasteiger partial charge in [0.05, 0.1) is 18.8 Å². The van der Waals surface area contributed by atoms with Crippen molar-refractivity contribution in [3.05, 3.63) is 77.6 Å². The van der Waals surface area contributed by atoms with Gasteiger partial charge in [-0.3, -0.25) is 0 Å². The molecule has 30 heavy (non-hydrogen) atoms. The Morgan fingerprint density at radius 3 is 2.57 bits per heavy atom. The van der Waals surface area contributed by atoms with Crippen LogP contribution in [0.25, 0.3) is 10.8 Å². The number of ether oxygens (including phenoxy) is 2. The summed E-state index contributed by atoms with van der Waals surface area (Å²) in [7, 11) is -4.07. The number of sulfonamides is 1. The van der Waals surface area contributed by atoms with E-state index in [1.165, 1.54) is 6.07 Å².